The highest BCUT2D eigenvalue weighted by atomic mass is 19.4. The molecule has 1 heterocycles. The third-order valence-corrected chi connectivity index (χ3v) is 3.27. The highest BCUT2D eigenvalue weighted by Crippen LogP contribution is 2.27. The van der Waals surface area contributed by atoms with Crippen molar-refractivity contribution in [1.29, 1.82) is 0 Å². The minimum absolute atomic E-state index is 0.0240. The van der Waals surface area contributed by atoms with Crippen LogP contribution in [0, 0.1) is 10.1 Å². The summed E-state index contributed by atoms with van der Waals surface area (Å²) in [6, 6.07) is 11.2. The van der Waals surface area contributed by atoms with Crippen LogP contribution in [-0.4, -0.2) is 11.3 Å². The van der Waals surface area contributed by atoms with Crippen molar-refractivity contribution in [2.24, 2.45) is 0 Å². The van der Waals surface area contributed by atoms with Crippen molar-refractivity contribution in [2.75, 3.05) is 10.0 Å². The number of nitro benzene ring substituents is 1. The van der Waals surface area contributed by atoms with E-state index in [1.165, 1.54) is 36.4 Å². The summed E-state index contributed by atoms with van der Waals surface area (Å²) in [6.07, 6.45) is -1.41. The second-order valence-electron chi connectivity index (χ2n) is 4.95. The maximum Gasteiger partial charge on any atom is 0.573 e. The third kappa shape index (κ3) is 3.98. The monoisotopic (exact) mass is 352 g/mol. The molecule has 1 aliphatic heterocycles. The standard InChI is InChI=1S/C15H11F3N4O3/c16-15(17,18)25-14-7-5-12(6-8-14)21-10-9-20(19-21)11-1-3-13(4-2-11)22(23)24/h1-10,19H. The number of halogens is 3. The predicted octanol–water partition coefficient (Wildman–Crippen LogP) is 3.71. The van der Waals surface area contributed by atoms with Crippen LogP contribution >= 0.6 is 0 Å². The van der Waals surface area contributed by atoms with E-state index in [9.17, 15) is 23.3 Å². The van der Waals surface area contributed by atoms with Crippen LogP contribution in [0.3, 0.4) is 0 Å². The first-order chi connectivity index (χ1) is 11.8. The third-order valence-electron chi connectivity index (χ3n) is 3.27. The number of benzene rings is 2. The molecule has 0 spiro atoms. The minimum atomic E-state index is -4.74. The van der Waals surface area contributed by atoms with Crippen molar-refractivity contribution in [1.82, 2.24) is 5.53 Å². The molecular weight excluding hydrogens is 341 g/mol. The topological polar surface area (TPSA) is 70.9 Å². The summed E-state index contributed by atoms with van der Waals surface area (Å²) >= 11 is 0. The molecule has 0 bridgehead atoms. The van der Waals surface area contributed by atoms with Crippen LogP contribution in [0.5, 0.6) is 5.75 Å². The summed E-state index contributed by atoms with van der Waals surface area (Å²) < 4.78 is 40.3. The normalized spacial score (nSPS) is 14.0. The maximum absolute atomic E-state index is 12.2. The number of rotatable bonds is 4. The molecule has 130 valence electrons. The Bertz CT molecular complexity index is 791. The van der Waals surface area contributed by atoms with E-state index in [0.717, 1.165) is 0 Å². The zero-order chi connectivity index (χ0) is 18.0. The molecule has 0 atom stereocenters. The molecular formula is C15H11F3N4O3. The molecule has 2 aromatic rings. The van der Waals surface area contributed by atoms with Gasteiger partial charge in [-0.05, 0) is 36.4 Å². The number of ether oxygens (including phenoxy) is 1. The first-order valence-corrected chi connectivity index (χ1v) is 6.95. The van der Waals surface area contributed by atoms with Crippen LogP contribution in [-0.2, 0) is 0 Å². The lowest BCUT2D eigenvalue weighted by Crippen LogP contribution is -2.39. The van der Waals surface area contributed by atoms with Crippen LogP contribution in [0.15, 0.2) is 60.9 Å². The summed E-state index contributed by atoms with van der Waals surface area (Å²) in [4.78, 5) is 10.2. The van der Waals surface area contributed by atoms with Gasteiger partial charge in [0.1, 0.15) is 5.75 Å². The Morgan fingerprint density at radius 2 is 1.40 bits per heavy atom. The molecule has 10 heteroatoms. The summed E-state index contributed by atoms with van der Waals surface area (Å²) in [5.41, 5.74) is 4.17. The Kier molecular flexibility index (Phi) is 4.19. The molecule has 0 radical (unpaired) electrons. The van der Waals surface area contributed by atoms with E-state index in [1.807, 2.05) is 0 Å². The lowest BCUT2D eigenvalue weighted by atomic mass is 10.3. The zero-order valence-corrected chi connectivity index (χ0v) is 12.5. The lowest BCUT2D eigenvalue weighted by molar-refractivity contribution is -0.384. The average molecular weight is 352 g/mol. The molecule has 2 aromatic carbocycles. The number of hydrogen-bond donors (Lipinski definition) is 1. The molecule has 0 saturated heterocycles. The van der Waals surface area contributed by atoms with Crippen molar-refractivity contribution in [3.63, 3.8) is 0 Å². The van der Waals surface area contributed by atoms with Crippen LogP contribution in [0.25, 0.3) is 0 Å². The van der Waals surface area contributed by atoms with E-state index in [1.54, 1.807) is 34.6 Å². The quantitative estimate of drug-likeness (QED) is 0.668. The van der Waals surface area contributed by atoms with E-state index >= 15 is 0 Å². The highest BCUT2D eigenvalue weighted by Gasteiger charge is 2.31. The Morgan fingerprint density at radius 3 is 1.84 bits per heavy atom. The molecule has 1 N–H and O–H groups in total. The predicted molar refractivity (Wildman–Crippen MR) is 83.5 cm³/mol. The summed E-state index contributed by atoms with van der Waals surface area (Å²) in [7, 11) is 0. The first-order valence-electron chi connectivity index (χ1n) is 6.95. The van der Waals surface area contributed by atoms with Gasteiger partial charge in [0.05, 0.1) is 16.3 Å². The molecule has 0 amide bonds. The largest absolute Gasteiger partial charge is 0.573 e. The fourth-order valence-electron chi connectivity index (χ4n) is 2.15. The van der Waals surface area contributed by atoms with Crippen LogP contribution in [0.4, 0.5) is 30.2 Å². The number of nitrogens with zero attached hydrogens (tertiary/aromatic N) is 3. The maximum atomic E-state index is 12.2. The van der Waals surface area contributed by atoms with Gasteiger partial charge >= 0.3 is 6.36 Å². The number of nitrogens with one attached hydrogen (secondary N) is 1. The van der Waals surface area contributed by atoms with E-state index < -0.39 is 11.3 Å². The van der Waals surface area contributed by atoms with Crippen molar-refractivity contribution in [3.8, 4) is 5.75 Å². The summed E-state index contributed by atoms with van der Waals surface area (Å²) in [5.74, 6) is -0.313. The van der Waals surface area contributed by atoms with Gasteiger partial charge in [0.15, 0.2) is 0 Å². The molecule has 3 rings (SSSR count). The Balaban J connectivity index is 1.66. The van der Waals surface area contributed by atoms with Gasteiger partial charge in [0.25, 0.3) is 5.69 Å². The van der Waals surface area contributed by atoms with E-state index in [-0.39, 0.29) is 11.4 Å². The van der Waals surface area contributed by atoms with E-state index in [0.29, 0.717) is 11.4 Å². The van der Waals surface area contributed by atoms with Crippen LogP contribution in [0.1, 0.15) is 0 Å². The fourth-order valence-corrected chi connectivity index (χ4v) is 2.15. The number of non-ortho nitro benzene ring substituents is 1. The van der Waals surface area contributed by atoms with Gasteiger partial charge < -0.3 is 4.74 Å². The lowest BCUT2D eigenvalue weighted by Gasteiger charge is -2.22. The van der Waals surface area contributed by atoms with Gasteiger partial charge in [-0.2, -0.15) is 0 Å². The van der Waals surface area contributed by atoms with E-state index in [4.69, 9.17) is 0 Å². The van der Waals surface area contributed by atoms with Gasteiger partial charge in [-0.25, -0.2) is 0 Å². The summed E-state index contributed by atoms with van der Waals surface area (Å²) in [5, 5.41) is 13.8. The number of hydrazine groups is 2. The van der Waals surface area contributed by atoms with Crippen molar-refractivity contribution >= 4 is 17.1 Å². The van der Waals surface area contributed by atoms with Crippen molar-refractivity contribution < 1.29 is 22.8 Å². The Morgan fingerprint density at radius 1 is 0.920 bits per heavy atom. The molecule has 0 saturated carbocycles. The van der Waals surface area contributed by atoms with Gasteiger partial charge in [-0.3, -0.25) is 20.1 Å². The second kappa shape index (κ2) is 6.32. The molecule has 0 aromatic heterocycles. The van der Waals surface area contributed by atoms with Gasteiger partial charge in [0, 0.05) is 24.5 Å². The molecule has 7 nitrogen and oxygen atoms in total. The fraction of sp³-hybridized carbons (Fsp3) is 0.0667. The number of nitro groups is 1. The van der Waals surface area contributed by atoms with Crippen molar-refractivity contribution in [3.05, 3.63) is 71.0 Å². The molecule has 0 aliphatic carbocycles. The zero-order valence-electron chi connectivity index (χ0n) is 12.5. The highest BCUT2D eigenvalue weighted by molar-refractivity contribution is 5.58. The van der Waals surface area contributed by atoms with E-state index in [2.05, 4.69) is 10.3 Å². The Labute approximate surface area is 139 Å². The summed E-state index contributed by atoms with van der Waals surface area (Å²) in [6.45, 7) is 0. The van der Waals surface area contributed by atoms with Crippen molar-refractivity contribution in [2.45, 2.75) is 6.36 Å². The van der Waals surface area contributed by atoms with Gasteiger partial charge in [-0.15, -0.1) is 18.7 Å². The first kappa shape index (κ1) is 16.6. The smallest absolute Gasteiger partial charge is 0.406 e. The minimum Gasteiger partial charge on any atom is -0.406 e. The average Bonchev–Trinajstić information content (AvgIpc) is 3.04. The Hall–Kier alpha value is -3.27. The number of hydrogen-bond acceptors (Lipinski definition) is 6. The molecule has 1 aliphatic rings. The SMILES string of the molecule is O=[N+]([O-])c1ccc(N2C=CN(c3ccc(OC(F)(F)F)cc3)N2)cc1. The van der Waals surface area contributed by atoms with Gasteiger partial charge in [-0.1, -0.05) is 0 Å². The number of anilines is 2. The molecule has 25 heavy (non-hydrogen) atoms. The van der Waals surface area contributed by atoms with Gasteiger partial charge in [0.2, 0.25) is 0 Å². The number of alkyl halides is 3. The van der Waals surface area contributed by atoms with Crippen LogP contribution in [0.2, 0.25) is 0 Å². The van der Waals surface area contributed by atoms with Crippen LogP contribution < -0.4 is 20.3 Å². The molecule has 0 fully saturated rings. The second-order valence-corrected chi connectivity index (χ2v) is 4.95. The molecule has 0 unspecified atom stereocenters.